The fourth-order valence-corrected chi connectivity index (χ4v) is 8.88. The van der Waals surface area contributed by atoms with E-state index in [0.717, 1.165) is 73.1 Å². The number of terminal acetylenes is 1. The Morgan fingerprint density at radius 1 is 0.586 bits per heavy atom. The second kappa shape index (κ2) is 14.2. The van der Waals surface area contributed by atoms with Gasteiger partial charge in [-0.15, -0.1) is 6.42 Å². The van der Waals surface area contributed by atoms with E-state index in [2.05, 4.69) is 181 Å². The average molecular weight is 749 g/mol. The molecule has 1 aliphatic rings. The van der Waals surface area contributed by atoms with Crippen LogP contribution in [-0.4, -0.2) is 0 Å². The highest BCUT2D eigenvalue weighted by atomic mass is 16.5. The van der Waals surface area contributed by atoms with E-state index in [1.165, 1.54) is 32.7 Å². The normalized spacial score (nSPS) is 12.0. The fourth-order valence-electron chi connectivity index (χ4n) is 8.88. The molecule has 0 radical (unpaired) electrons. The molecule has 0 aliphatic carbocycles. The van der Waals surface area contributed by atoms with Gasteiger partial charge in [-0.05, 0) is 114 Å². The summed E-state index contributed by atoms with van der Waals surface area (Å²) in [6, 6.07) is 56.0. The van der Waals surface area contributed by atoms with Gasteiger partial charge < -0.3 is 19.0 Å². The second-order valence-electron chi connectivity index (χ2n) is 14.8. The van der Waals surface area contributed by atoms with Crippen molar-refractivity contribution in [3.8, 4) is 29.2 Å². The van der Waals surface area contributed by atoms with Crippen molar-refractivity contribution >= 4 is 72.7 Å². The van der Waals surface area contributed by atoms with E-state index in [-0.39, 0.29) is 0 Å². The van der Waals surface area contributed by atoms with Crippen LogP contribution in [0.2, 0.25) is 0 Å². The number of allylic oxidation sites excluding steroid dienone is 1. The maximum absolute atomic E-state index is 6.51. The number of furan rings is 1. The number of aryl methyl sites for hydroxylation is 2. The molecular weight excluding hydrogens is 709 g/mol. The fraction of sp³-hybridized carbons (Fsp3) is 0.0741. The Morgan fingerprint density at radius 2 is 1.24 bits per heavy atom. The largest absolute Gasteiger partial charge is 0.488 e. The molecule has 0 bridgehead atoms. The zero-order chi connectivity index (χ0) is 39.3. The van der Waals surface area contributed by atoms with Gasteiger partial charge in [-0.25, -0.2) is 0 Å². The summed E-state index contributed by atoms with van der Waals surface area (Å²) in [5, 5.41) is 5.75. The molecule has 0 spiro atoms. The van der Waals surface area contributed by atoms with E-state index in [4.69, 9.17) is 15.6 Å². The van der Waals surface area contributed by atoms with Gasteiger partial charge in [0, 0.05) is 44.5 Å². The molecule has 4 heteroatoms. The maximum atomic E-state index is 6.51. The molecule has 9 aromatic rings. The Labute approximate surface area is 338 Å². The number of benzene rings is 8. The highest BCUT2D eigenvalue weighted by Gasteiger charge is 2.27. The van der Waals surface area contributed by atoms with Crippen molar-refractivity contribution in [3.05, 3.63) is 192 Å². The molecule has 1 aromatic heterocycles. The number of hydrogen-bond acceptors (Lipinski definition) is 4. The van der Waals surface area contributed by atoms with Crippen molar-refractivity contribution in [2.24, 2.45) is 0 Å². The standard InChI is InChI=1S/C54H40N2O2/c1-5-17-41-43-24-16-26-49(54(43)58-50(41)6-2)55(38-18-9-7-10-19-38)46-33-30-37-29-31-44-48(32-28-35(3)52(44)53(37)36(46)4)56(39-20-11-8-12-21-39)47-25-15-23-40-42-22-13-14-27-51(42)57-34-45(40)47/h2,5,7-33H,34H2,1,3-4H3/b17-5-. The summed E-state index contributed by atoms with van der Waals surface area (Å²) in [7, 11) is 0. The number of para-hydroxylation sites is 4. The van der Waals surface area contributed by atoms with Gasteiger partial charge in [-0.1, -0.05) is 115 Å². The van der Waals surface area contributed by atoms with Gasteiger partial charge in [0.2, 0.25) is 0 Å². The van der Waals surface area contributed by atoms with Crippen LogP contribution in [0.4, 0.5) is 34.1 Å². The van der Waals surface area contributed by atoms with Crippen LogP contribution in [0.1, 0.15) is 34.9 Å². The summed E-state index contributed by atoms with van der Waals surface area (Å²) in [5.41, 5.74) is 13.8. The Morgan fingerprint density at radius 3 is 2.00 bits per heavy atom. The van der Waals surface area contributed by atoms with Crippen molar-refractivity contribution in [3.63, 3.8) is 0 Å². The number of ether oxygens (including phenoxy) is 1. The molecule has 0 fully saturated rings. The molecule has 8 aromatic carbocycles. The van der Waals surface area contributed by atoms with Crippen LogP contribution in [-0.2, 0) is 6.61 Å². The molecule has 0 N–H and O–H groups in total. The van der Waals surface area contributed by atoms with Gasteiger partial charge in [0.25, 0.3) is 0 Å². The molecule has 58 heavy (non-hydrogen) atoms. The summed E-state index contributed by atoms with van der Waals surface area (Å²) in [6.07, 6.45) is 10.0. The monoisotopic (exact) mass is 748 g/mol. The lowest BCUT2D eigenvalue weighted by molar-refractivity contribution is 0.303. The van der Waals surface area contributed by atoms with E-state index in [0.29, 0.717) is 12.4 Å². The van der Waals surface area contributed by atoms with Gasteiger partial charge in [-0.2, -0.15) is 0 Å². The van der Waals surface area contributed by atoms with Crippen molar-refractivity contribution in [1.29, 1.82) is 0 Å². The van der Waals surface area contributed by atoms with E-state index >= 15 is 0 Å². The van der Waals surface area contributed by atoms with Crippen LogP contribution in [0.25, 0.3) is 49.7 Å². The van der Waals surface area contributed by atoms with Gasteiger partial charge >= 0.3 is 0 Å². The first-order chi connectivity index (χ1) is 28.6. The molecule has 2 heterocycles. The Kier molecular flexibility index (Phi) is 8.58. The van der Waals surface area contributed by atoms with Crippen LogP contribution in [0, 0.1) is 26.2 Å². The predicted octanol–water partition coefficient (Wildman–Crippen LogP) is 14.9. The lowest BCUT2D eigenvalue weighted by Gasteiger charge is -2.32. The van der Waals surface area contributed by atoms with E-state index in [9.17, 15) is 0 Å². The number of fused-ring (bicyclic) bond motifs is 7. The second-order valence-corrected chi connectivity index (χ2v) is 14.8. The smallest absolute Gasteiger partial charge is 0.185 e. The zero-order valence-electron chi connectivity index (χ0n) is 32.7. The van der Waals surface area contributed by atoms with Crippen LogP contribution in [0.15, 0.2) is 168 Å². The summed E-state index contributed by atoms with van der Waals surface area (Å²) in [4.78, 5) is 4.71. The third kappa shape index (κ3) is 5.55. The van der Waals surface area contributed by atoms with Crippen molar-refractivity contribution in [1.82, 2.24) is 0 Å². The van der Waals surface area contributed by atoms with Crippen molar-refractivity contribution in [2.75, 3.05) is 9.80 Å². The van der Waals surface area contributed by atoms with Gasteiger partial charge in [0.05, 0.1) is 17.1 Å². The van der Waals surface area contributed by atoms with Gasteiger partial charge in [0.1, 0.15) is 12.4 Å². The van der Waals surface area contributed by atoms with Gasteiger partial charge in [-0.3, -0.25) is 0 Å². The summed E-state index contributed by atoms with van der Waals surface area (Å²) in [5.74, 6) is 4.23. The highest BCUT2D eigenvalue weighted by Crippen LogP contribution is 2.49. The minimum atomic E-state index is 0.484. The van der Waals surface area contributed by atoms with Crippen LogP contribution in [0.5, 0.6) is 5.75 Å². The molecule has 0 amide bonds. The summed E-state index contributed by atoms with van der Waals surface area (Å²) >= 11 is 0. The molecule has 0 saturated heterocycles. The molecular formula is C54H40N2O2. The van der Waals surface area contributed by atoms with Crippen LogP contribution in [0.3, 0.4) is 0 Å². The number of rotatable bonds is 7. The minimum absolute atomic E-state index is 0.484. The molecule has 0 unspecified atom stereocenters. The summed E-state index contributed by atoms with van der Waals surface area (Å²) < 4.78 is 12.9. The first-order valence-electron chi connectivity index (χ1n) is 19.7. The SMILES string of the molecule is C#Cc1oc2c(N(c3ccccc3)c3ccc4ccc5c(N(c6ccccc6)c6cccc7c6COc6ccccc6-7)ccc(C)c5c4c3C)cccc2c1/C=C\C. The Bertz CT molecular complexity index is 3120. The van der Waals surface area contributed by atoms with Crippen molar-refractivity contribution < 1.29 is 9.15 Å². The molecule has 278 valence electrons. The third-order valence-electron chi connectivity index (χ3n) is 11.5. The lowest BCUT2D eigenvalue weighted by atomic mass is 9.91. The quantitative estimate of drug-likeness (QED) is 0.120. The first-order valence-corrected chi connectivity index (χ1v) is 19.7. The molecule has 4 nitrogen and oxygen atoms in total. The first kappa shape index (κ1) is 35.0. The average Bonchev–Trinajstić information content (AvgIpc) is 3.64. The third-order valence-corrected chi connectivity index (χ3v) is 11.5. The zero-order valence-corrected chi connectivity index (χ0v) is 32.7. The highest BCUT2D eigenvalue weighted by molar-refractivity contribution is 6.17. The maximum Gasteiger partial charge on any atom is 0.185 e. The number of anilines is 6. The van der Waals surface area contributed by atoms with Crippen LogP contribution >= 0.6 is 0 Å². The Balaban J connectivity index is 1.23. The predicted molar refractivity (Wildman–Crippen MR) is 242 cm³/mol. The lowest BCUT2D eigenvalue weighted by Crippen LogP contribution is -2.16. The number of nitrogens with zero attached hydrogens (tertiary/aromatic N) is 2. The molecule has 0 saturated carbocycles. The molecule has 1 aliphatic heterocycles. The molecule has 10 rings (SSSR count). The van der Waals surface area contributed by atoms with E-state index < -0.39 is 0 Å². The number of hydrogen-bond donors (Lipinski definition) is 0. The summed E-state index contributed by atoms with van der Waals surface area (Å²) in [6.45, 7) is 6.95. The van der Waals surface area contributed by atoms with E-state index in [1.54, 1.807) is 0 Å². The topological polar surface area (TPSA) is 28.9 Å². The van der Waals surface area contributed by atoms with Gasteiger partial charge in [0.15, 0.2) is 11.3 Å². The molecule has 0 atom stereocenters. The Hall–Kier alpha value is -7.48. The minimum Gasteiger partial charge on any atom is -0.488 e. The van der Waals surface area contributed by atoms with Crippen LogP contribution < -0.4 is 14.5 Å². The van der Waals surface area contributed by atoms with E-state index in [1.807, 2.05) is 25.1 Å². The van der Waals surface area contributed by atoms with Crippen molar-refractivity contribution in [2.45, 2.75) is 27.4 Å².